The smallest absolute Gasteiger partial charge is 0.321 e. The van der Waals surface area contributed by atoms with Crippen LogP contribution in [0.2, 0.25) is 5.28 Å². The van der Waals surface area contributed by atoms with Crippen LogP contribution in [0.3, 0.4) is 0 Å². The summed E-state index contributed by atoms with van der Waals surface area (Å²) in [5, 5.41) is 0.109. The lowest BCUT2D eigenvalue weighted by Crippen LogP contribution is -1.98. The summed E-state index contributed by atoms with van der Waals surface area (Å²) >= 11 is 9.19. The van der Waals surface area contributed by atoms with Gasteiger partial charge in [-0.2, -0.15) is 15.0 Å². The molecule has 1 aromatic carbocycles. The number of halogens is 2. The highest BCUT2D eigenvalue weighted by atomic mass is 79.9. The summed E-state index contributed by atoms with van der Waals surface area (Å²) in [6.07, 6.45) is 0. The molecular formula is C10H7BrClN3O. The van der Waals surface area contributed by atoms with Gasteiger partial charge >= 0.3 is 6.01 Å². The summed E-state index contributed by atoms with van der Waals surface area (Å²) in [6, 6.07) is 7.79. The summed E-state index contributed by atoms with van der Waals surface area (Å²) in [6.45, 7) is 0. The van der Waals surface area contributed by atoms with E-state index in [1.807, 2.05) is 24.3 Å². The molecule has 1 aromatic heterocycles. The Morgan fingerprint density at radius 1 is 1.19 bits per heavy atom. The lowest BCUT2D eigenvalue weighted by atomic mass is 10.2. The number of hydrogen-bond acceptors (Lipinski definition) is 4. The van der Waals surface area contributed by atoms with E-state index < -0.39 is 0 Å². The van der Waals surface area contributed by atoms with Gasteiger partial charge in [0.2, 0.25) is 5.28 Å². The minimum absolute atomic E-state index is 0.109. The number of rotatable bonds is 2. The summed E-state index contributed by atoms with van der Waals surface area (Å²) in [7, 11) is 1.48. The van der Waals surface area contributed by atoms with Crippen molar-refractivity contribution in [1.82, 2.24) is 15.0 Å². The van der Waals surface area contributed by atoms with Gasteiger partial charge in [0.15, 0.2) is 5.82 Å². The molecule has 0 spiro atoms. The molecular weight excluding hydrogens is 293 g/mol. The van der Waals surface area contributed by atoms with Crippen LogP contribution in [0.15, 0.2) is 28.7 Å². The van der Waals surface area contributed by atoms with Gasteiger partial charge in [-0.1, -0.05) is 34.1 Å². The Balaban J connectivity index is 2.56. The topological polar surface area (TPSA) is 47.9 Å². The van der Waals surface area contributed by atoms with E-state index in [1.165, 1.54) is 7.11 Å². The number of benzene rings is 1. The van der Waals surface area contributed by atoms with E-state index in [0.717, 1.165) is 10.0 Å². The van der Waals surface area contributed by atoms with Gasteiger partial charge in [0.25, 0.3) is 0 Å². The molecule has 0 radical (unpaired) electrons. The molecule has 0 bridgehead atoms. The van der Waals surface area contributed by atoms with E-state index in [2.05, 4.69) is 30.9 Å². The van der Waals surface area contributed by atoms with Crippen LogP contribution in [0.25, 0.3) is 11.4 Å². The Hall–Kier alpha value is -1.20. The molecule has 0 fully saturated rings. The predicted octanol–water partition coefficient (Wildman–Crippen LogP) is 2.96. The number of methoxy groups -OCH3 is 1. The van der Waals surface area contributed by atoms with Crippen LogP contribution in [0.5, 0.6) is 6.01 Å². The first-order chi connectivity index (χ1) is 7.70. The summed E-state index contributed by atoms with van der Waals surface area (Å²) in [5.41, 5.74) is 0.838. The Labute approximate surface area is 106 Å². The fraction of sp³-hybridized carbons (Fsp3) is 0.100. The molecule has 82 valence electrons. The van der Waals surface area contributed by atoms with Gasteiger partial charge in [-0.3, -0.25) is 0 Å². The minimum Gasteiger partial charge on any atom is -0.467 e. The Morgan fingerprint density at radius 2 is 1.94 bits per heavy atom. The second-order valence-corrected chi connectivity index (χ2v) is 4.09. The first-order valence-electron chi connectivity index (χ1n) is 4.41. The van der Waals surface area contributed by atoms with Crippen molar-refractivity contribution in [2.75, 3.05) is 7.11 Å². The van der Waals surface area contributed by atoms with Crippen LogP contribution in [0.4, 0.5) is 0 Å². The van der Waals surface area contributed by atoms with Gasteiger partial charge in [0, 0.05) is 10.0 Å². The van der Waals surface area contributed by atoms with Crippen LogP contribution >= 0.6 is 27.5 Å². The summed E-state index contributed by atoms with van der Waals surface area (Å²) < 4.78 is 5.82. The highest BCUT2D eigenvalue weighted by Gasteiger charge is 2.09. The van der Waals surface area contributed by atoms with E-state index in [4.69, 9.17) is 16.3 Å². The first kappa shape index (κ1) is 11.3. The fourth-order valence-electron chi connectivity index (χ4n) is 1.19. The van der Waals surface area contributed by atoms with E-state index in [-0.39, 0.29) is 11.3 Å². The van der Waals surface area contributed by atoms with Crippen LogP contribution in [-0.2, 0) is 0 Å². The molecule has 0 saturated heterocycles. The van der Waals surface area contributed by atoms with E-state index in [0.29, 0.717) is 5.82 Å². The van der Waals surface area contributed by atoms with Gasteiger partial charge in [-0.15, -0.1) is 0 Å². The molecule has 4 nitrogen and oxygen atoms in total. The van der Waals surface area contributed by atoms with Crippen molar-refractivity contribution in [1.29, 1.82) is 0 Å². The van der Waals surface area contributed by atoms with Crippen LogP contribution in [0.1, 0.15) is 0 Å². The average molecular weight is 301 g/mol. The predicted molar refractivity (Wildman–Crippen MR) is 64.5 cm³/mol. The van der Waals surface area contributed by atoms with Gasteiger partial charge < -0.3 is 4.74 Å². The first-order valence-corrected chi connectivity index (χ1v) is 5.58. The van der Waals surface area contributed by atoms with Gasteiger partial charge in [0.05, 0.1) is 7.11 Å². The third-order valence-electron chi connectivity index (χ3n) is 1.88. The molecule has 0 unspecified atom stereocenters. The van der Waals surface area contributed by atoms with Crippen molar-refractivity contribution in [3.63, 3.8) is 0 Å². The fourth-order valence-corrected chi connectivity index (χ4v) is 1.80. The van der Waals surface area contributed by atoms with Crippen molar-refractivity contribution < 1.29 is 4.74 Å². The second kappa shape index (κ2) is 4.76. The Kier molecular flexibility index (Phi) is 3.36. The van der Waals surface area contributed by atoms with E-state index >= 15 is 0 Å². The number of nitrogens with zero attached hydrogens (tertiary/aromatic N) is 3. The van der Waals surface area contributed by atoms with Gasteiger partial charge in [-0.05, 0) is 17.7 Å². The highest BCUT2D eigenvalue weighted by Crippen LogP contribution is 2.26. The monoisotopic (exact) mass is 299 g/mol. The molecule has 1 heterocycles. The molecule has 2 aromatic rings. The van der Waals surface area contributed by atoms with Crippen molar-refractivity contribution in [2.45, 2.75) is 0 Å². The van der Waals surface area contributed by atoms with Crippen LogP contribution in [-0.4, -0.2) is 22.1 Å². The van der Waals surface area contributed by atoms with Crippen LogP contribution in [0, 0.1) is 0 Å². The number of hydrogen-bond donors (Lipinski definition) is 0. The standard InChI is InChI=1S/C10H7BrClN3O/c1-16-10-14-8(13-9(12)15-10)6-4-2-3-5-7(6)11/h2-5H,1H3. The Morgan fingerprint density at radius 3 is 2.62 bits per heavy atom. The normalized spacial score (nSPS) is 10.2. The molecule has 0 aliphatic heterocycles. The van der Waals surface area contributed by atoms with E-state index in [1.54, 1.807) is 0 Å². The molecule has 0 saturated carbocycles. The van der Waals surface area contributed by atoms with Crippen molar-refractivity contribution in [2.24, 2.45) is 0 Å². The zero-order valence-electron chi connectivity index (χ0n) is 8.32. The summed E-state index contributed by atoms with van der Waals surface area (Å²) in [4.78, 5) is 12.0. The molecule has 0 aliphatic carbocycles. The van der Waals surface area contributed by atoms with Crippen molar-refractivity contribution in [3.8, 4) is 17.4 Å². The molecule has 0 atom stereocenters. The molecule has 6 heteroatoms. The zero-order chi connectivity index (χ0) is 11.5. The maximum atomic E-state index is 5.77. The molecule has 16 heavy (non-hydrogen) atoms. The Bertz CT molecular complexity index is 521. The maximum absolute atomic E-state index is 5.77. The molecule has 0 N–H and O–H groups in total. The van der Waals surface area contributed by atoms with E-state index in [9.17, 15) is 0 Å². The van der Waals surface area contributed by atoms with Gasteiger partial charge in [0.1, 0.15) is 0 Å². The van der Waals surface area contributed by atoms with Crippen molar-refractivity contribution >= 4 is 27.5 Å². The van der Waals surface area contributed by atoms with Gasteiger partial charge in [-0.25, -0.2) is 0 Å². The average Bonchev–Trinajstić information content (AvgIpc) is 2.28. The SMILES string of the molecule is COc1nc(Cl)nc(-c2ccccc2Br)n1. The number of aromatic nitrogens is 3. The third-order valence-corrected chi connectivity index (χ3v) is 2.75. The lowest BCUT2D eigenvalue weighted by Gasteiger charge is -2.04. The van der Waals surface area contributed by atoms with Crippen molar-refractivity contribution in [3.05, 3.63) is 34.0 Å². The third kappa shape index (κ3) is 2.31. The minimum atomic E-state index is 0.109. The highest BCUT2D eigenvalue weighted by molar-refractivity contribution is 9.10. The molecule has 0 amide bonds. The second-order valence-electron chi connectivity index (χ2n) is 2.89. The number of ether oxygens (including phenoxy) is 1. The lowest BCUT2D eigenvalue weighted by molar-refractivity contribution is 0.379. The molecule has 0 aliphatic rings. The molecule has 2 rings (SSSR count). The van der Waals surface area contributed by atoms with Crippen LogP contribution < -0.4 is 4.74 Å². The summed E-state index contributed by atoms with van der Waals surface area (Å²) in [5.74, 6) is 0.476. The largest absolute Gasteiger partial charge is 0.467 e. The maximum Gasteiger partial charge on any atom is 0.321 e. The quantitative estimate of drug-likeness (QED) is 0.855. The zero-order valence-corrected chi connectivity index (χ0v) is 10.7.